The fourth-order valence-electron chi connectivity index (χ4n) is 1.67. The zero-order chi connectivity index (χ0) is 13.7. The fraction of sp³-hybridized carbons (Fsp3) is 0.538. The number of anilines is 2. The third kappa shape index (κ3) is 2.82. The Morgan fingerprint density at radius 3 is 2.67 bits per heavy atom. The minimum atomic E-state index is 0.00383. The van der Waals surface area contributed by atoms with E-state index in [-0.39, 0.29) is 5.78 Å². The van der Waals surface area contributed by atoms with Gasteiger partial charge in [-0.15, -0.1) is 11.3 Å². The van der Waals surface area contributed by atoms with Crippen molar-refractivity contribution in [2.45, 2.75) is 33.1 Å². The molecule has 0 amide bonds. The summed E-state index contributed by atoms with van der Waals surface area (Å²) in [4.78, 5) is 14.3. The van der Waals surface area contributed by atoms with Crippen molar-refractivity contribution in [3.8, 4) is 6.07 Å². The summed E-state index contributed by atoms with van der Waals surface area (Å²) in [6.07, 6.45) is 2.55. The van der Waals surface area contributed by atoms with Gasteiger partial charge < -0.3 is 10.6 Å². The first kappa shape index (κ1) is 14.5. The Bertz CT molecular complexity index is 473. The molecule has 0 atom stereocenters. The lowest BCUT2D eigenvalue weighted by Crippen LogP contribution is -2.18. The number of hydrogen-bond acceptors (Lipinski definition) is 5. The van der Waals surface area contributed by atoms with Crippen LogP contribution in [0.3, 0.4) is 0 Å². The second-order valence-corrected chi connectivity index (χ2v) is 5.19. The molecule has 1 aromatic rings. The predicted octanol–water partition coefficient (Wildman–Crippen LogP) is 3.03. The average Bonchev–Trinajstić information content (AvgIpc) is 2.72. The Kier molecular flexibility index (Phi) is 5.17. The number of carbonyl (C=O) groups is 1. The minimum Gasteiger partial charge on any atom is -0.396 e. The Labute approximate surface area is 112 Å². The molecule has 0 saturated carbocycles. The molecular weight excluding hydrogens is 246 g/mol. The molecule has 0 aromatic carbocycles. The first-order chi connectivity index (χ1) is 8.56. The van der Waals surface area contributed by atoms with Gasteiger partial charge >= 0.3 is 0 Å². The van der Waals surface area contributed by atoms with Gasteiger partial charge in [0.15, 0.2) is 5.78 Å². The standard InChI is InChI=1S/C13H19N3OS/c1-4-6-7-16(3)13-9(8-14)11(15)12(18-13)10(17)5-2/h4-7,15H2,1-3H3. The molecule has 0 spiro atoms. The molecule has 0 fully saturated rings. The number of unbranched alkanes of at least 4 members (excludes halogenated alkanes) is 1. The highest BCUT2D eigenvalue weighted by Crippen LogP contribution is 2.38. The van der Waals surface area contributed by atoms with Gasteiger partial charge in [-0.05, 0) is 6.42 Å². The second-order valence-electron chi connectivity index (χ2n) is 4.19. The van der Waals surface area contributed by atoms with Gasteiger partial charge in [0.2, 0.25) is 0 Å². The van der Waals surface area contributed by atoms with Crippen molar-refractivity contribution in [3.63, 3.8) is 0 Å². The number of rotatable bonds is 6. The Morgan fingerprint density at radius 1 is 1.50 bits per heavy atom. The van der Waals surface area contributed by atoms with Crippen LogP contribution in [0.1, 0.15) is 48.3 Å². The number of Topliss-reactive ketones (excluding diaryl/α,β-unsaturated/α-hetero) is 1. The van der Waals surface area contributed by atoms with Crippen molar-refractivity contribution in [2.24, 2.45) is 0 Å². The topological polar surface area (TPSA) is 70.1 Å². The van der Waals surface area contributed by atoms with Crippen LogP contribution in [-0.4, -0.2) is 19.4 Å². The Hall–Kier alpha value is -1.54. The molecule has 0 bridgehead atoms. The third-order valence-electron chi connectivity index (χ3n) is 2.81. The summed E-state index contributed by atoms with van der Waals surface area (Å²) in [5.74, 6) is 0.00383. The van der Waals surface area contributed by atoms with Crippen LogP contribution in [0.15, 0.2) is 0 Å². The second kappa shape index (κ2) is 6.41. The van der Waals surface area contributed by atoms with E-state index in [2.05, 4.69) is 13.0 Å². The van der Waals surface area contributed by atoms with Gasteiger partial charge in [0.1, 0.15) is 16.6 Å². The summed E-state index contributed by atoms with van der Waals surface area (Å²) in [7, 11) is 1.93. The van der Waals surface area contributed by atoms with Crippen molar-refractivity contribution in [2.75, 3.05) is 24.2 Å². The van der Waals surface area contributed by atoms with Crippen LogP contribution in [0.2, 0.25) is 0 Å². The summed E-state index contributed by atoms with van der Waals surface area (Å²) < 4.78 is 0. The van der Waals surface area contributed by atoms with Crippen molar-refractivity contribution in [1.82, 2.24) is 0 Å². The lowest BCUT2D eigenvalue weighted by Gasteiger charge is -2.16. The van der Waals surface area contributed by atoms with Crippen LogP contribution in [0.5, 0.6) is 0 Å². The molecule has 0 unspecified atom stereocenters. The zero-order valence-electron chi connectivity index (χ0n) is 11.1. The maximum Gasteiger partial charge on any atom is 0.174 e. The number of nitrogen functional groups attached to an aromatic ring is 1. The van der Waals surface area contributed by atoms with E-state index in [0.717, 1.165) is 24.4 Å². The number of nitriles is 1. The quantitative estimate of drug-likeness (QED) is 0.803. The van der Waals surface area contributed by atoms with E-state index in [4.69, 9.17) is 5.73 Å². The van der Waals surface area contributed by atoms with Gasteiger partial charge in [0, 0.05) is 20.0 Å². The molecule has 0 aliphatic carbocycles. The molecular formula is C13H19N3OS. The highest BCUT2D eigenvalue weighted by molar-refractivity contribution is 7.19. The molecule has 2 N–H and O–H groups in total. The average molecular weight is 265 g/mol. The molecule has 0 radical (unpaired) electrons. The summed E-state index contributed by atoms with van der Waals surface area (Å²) in [6.45, 7) is 4.78. The largest absolute Gasteiger partial charge is 0.396 e. The fourth-order valence-corrected chi connectivity index (χ4v) is 2.84. The van der Waals surface area contributed by atoms with E-state index in [0.29, 0.717) is 22.5 Å². The SMILES string of the molecule is CCCCN(C)c1sc(C(=O)CC)c(N)c1C#N. The van der Waals surface area contributed by atoms with Crippen LogP contribution in [0.25, 0.3) is 0 Å². The minimum absolute atomic E-state index is 0.00383. The van der Waals surface area contributed by atoms with Gasteiger partial charge in [-0.25, -0.2) is 0 Å². The smallest absolute Gasteiger partial charge is 0.174 e. The Morgan fingerprint density at radius 2 is 2.17 bits per heavy atom. The maximum atomic E-state index is 11.8. The van der Waals surface area contributed by atoms with E-state index < -0.39 is 0 Å². The molecule has 1 heterocycles. The lowest BCUT2D eigenvalue weighted by molar-refractivity contribution is 0.0993. The molecule has 0 aliphatic heterocycles. The van der Waals surface area contributed by atoms with Crippen LogP contribution in [-0.2, 0) is 0 Å². The van der Waals surface area contributed by atoms with Crippen LogP contribution in [0, 0.1) is 11.3 Å². The molecule has 1 aromatic heterocycles. The first-order valence-electron chi connectivity index (χ1n) is 6.13. The maximum absolute atomic E-state index is 11.8. The number of carbonyl (C=O) groups excluding carboxylic acids is 1. The third-order valence-corrected chi connectivity index (χ3v) is 4.17. The number of hydrogen-bond donors (Lipinski definition) is 1. The summed E-state index contributed by atoms with van der Waals surface area (Å²) >= 11 is 1.33. The lowest BCUT2D eigenvalue weighted by atomic mass is 10.2. The molecule has 98 valence electrons. The molecule has 0 saturated heterocycles. The van der Waals surface area contributed by atoms with Crippen LogP contribution in [0.4, 0.5) is 10.7 Å². The monoisotopic (exact) mass is 265 g/mol. The van der Waals surface area contributed by atoms with Gasteiger partial charge in [-0.2, -0.15) is 5.26 Å². The molecule has 1 rings (SSSR count). The highest BCUT2D eigenvalue weighted by atomic mass is 32.1. The first-order valence-corrected chi connectivity index (χ1v) is 6.95. The molecule has 5 heteroatoms. The summed E-state index contributed by atoms with van der Waals surface area (Å²) in [5.41, 5.74) is 6.68. The van der Waals surface area contributed by atoms with Crippen LogP contribution >= 0.6 is 11.3 Å². The van der Waals surface area contributed by atoms with E-state index in [1.807, 2.05) is 11.9 Å². The number of thiophene rings is 1. The van der Waals surface area contributed by atoms with Gasteiger partial charge in [0.25, 0.3) is 0 Å². The summed E-state index contributed by atoms with van der Waals surface area (Å²) in [6, 6.07) is 2.11. The normalized spacial score (nSPS) is 10.1. The van der Waals surface area contributed by atoms with Gasteiger partial charge in [0.05, 0.1) is 10.6 Å². The van der Waals surface area contributed by atoms with E-state index >= 15 is 0 Å². The zero-order valence-corrected chi connectivity index (χ0v) is 11.9. The van der Waals surface area contributed by atoms with Crippen molar-refractivity contribution >= 4 is 27.8 Å². The molecule has 18 heavy (non-hydrogen) atoms. The van der Waals surface area contributed by atoms with Crippen molar-refractivity contribution in [1.29, 1.82) is 5.26 Å². The summed E-state index contributed by atoms with van der Waals surface area (Å²) in [5, 5.41) is 9.99. The number of nitrogens with zero attached hydrogens (tertiary/aromatic N) is 2. The molecule has 4 nitrogen and oxygen atoms in total. The van der Waals surface area contributed by atoms with Crippen LogP contribution < -0.4 is 10.6 Å². The van der Waals surface area contributed by atoms with Gasteiger partial charge in [-0.1, -0.05) is 20.3 Å². The number of ketones is 1. The predicted molar refractivity (Wildman–Crippen MR) is 76.2 cm³/mol. The van der Waals surface area contributed by atoms with E-state index in [1.54, 1.807) is 6.92 Å². The van der Waals surface area contributed by atoms with E-state index in [1.165, 1.54) is 11.3 Å². The van der Waals surface area contributed by atoms with E-state index in [9.17, 15) is 10.1 Å². The van der Waals surface area contributed by atoms with Gasteiger partial charge in [-0.3, -0.25) is 4.79 Å². The van der Waals surface area contributed by atoms with Crippen molar-refractivity contribution in [3.05, 3.63) is 10.4 Å². The molecule has 0 aliphatic rings. The van der Waals surface area contributed by atoms with Crippen molar-refractivity contribution < 1.29 is 4.79 Å². The number of nitrogens with two attached hydrogens (primary N) is 1. The Balaban J connectivity index is 3.12. The highest BCUT2D eigenvalue weighted by Gasteiger charge is 2.21.